The fourth-order valence-corrected chi connectivity index (χ4v) is 4.25. The third-order valence-electron chi connectivity index (χ3n) is 4.05. The molecule has 0 amide bonds. The van der Waals surface area contributed by atoms with Crippen molar-refractivity contribution >= 4 is 11.8 Å². The molecule has 0 spiro atoms. The van der Waals surface area contributed by atoms with E-state index in [1.807, 2.05) is 16.4 Å². The van der Waals surface area contributed by atoms with E-state index in [1.54, 1.807) is 0 Å². The highest BCUT2D eigenvalue weighted by Crippen LogP contribution is 2.37. The minimum Gasteiger partial charge on any atom is -0.315 e. The van der Waals surface area contributed by atoms with Crippen LogP contribution in [0.5, 0.6) is 0 Å². The van der Waals surface area contributed by atoms with Crippen molar-refractivity contribution in [2.45, 2.75) is 69.3 Å². The van der Waals surface area contributed by atoms with Crippen LogP contribution in [0.1, 0.15) is 52.4 Å². The average molecular weight is 297 g/mol. The number of nitrogens with one attached hydrogen (secondary N) is 1. The zero-order valence-electron chi connectivity index (χ0n) is 12.7. The molecule has 1 saturated carbocycles. The van der Waals surface area contributed by atoms with Gasteiger partial charge in [0.1, 0.15) is 0 Å². The molecule has 1 aromatic rings. The SMILES string of the molecule is CCCNCCn1nnnc1SC1CCCCC1CC. The van der Waals surface area contributed by atoms with E-state index in [2.05, 4.69) is 34.7 Å². The van der Waals surface area contributed by atoms with Crippen LogP contribution in [0.2, 0.25) is 0 Å². The molecule has 0 radical (unpaired) electrons. The number of thioether (sulfide) groups is 1. The number of hydrogen-bond acceptors (Lipinski definition) is 5. The van der Waals surface area contributed by atoms with Gasteiger partial charge in [0.05, 0.1) is 6.54 Å². The average Bonchev–Trinajstić information content (AvgIpc) is 2.91. The lowest BCUT2D eigenvalue weighted by Gasteiger charge is -2.29. The van der Waals surface area contributed by atoms with Crippen LogP contribution in [-0.2, 0) is 6.54 Å². The van der Waals surface area contributed by atoms with Crippen molar-refractivity contribution in [2.75, 3.05) is 13.1 Å². The maximum absolute atomic E-state index is 4.21. The van der Waals surface area contributed by atoms with Gasteiger partial charge >= 0.3 is 0 Å². The van der Waals surface area contributed by atoms with Gasteiger partial charge in [-0.15, -0.1) is 5.10 Å². The Kier molecular flexibility index (Phi) is 6.79. The molecule has 1 aliphatic rings. The minimum atomic E-state index is 0.696. The normalized spacial score (nSPS) is 23.1. The molecule has 2 atom stereocenters. The predicted octanol–water partition coefficient (Wildman–Crippen LogP) is 2.73. The van der Waals surface area contributed by atoms with Gasteiger partial charge in [0.15, 0.2) is 0 Å². The summed E-state index contributed by atoms with van der Waals surface area (Å²) in [5.41, 5.74) is 0. The highest BCUT2D eigenvalue weighted by Gasteiger charge is 2.26. The molecule has 2 rings (SSSR count). The van der Waals surface area contributed by atoms with Gasteiger partial charge in [-0.2, -0.15) is 0 Å². The van der Waals surface area contributed by atoms with Crippen LogP contribution in [0, 0.1) is 5.92 Å². The Labute approximate surface area is 126 Å². The van der Waals surface area contributed by atoms with Crippen LogP contribution >= 0.6 is 11.8 Å². The Bertz CT molecular complexity index is 381. The molecule has 1 N–H and O–H groups in total. The van der Waals surface area contributed by atoms with E-state index in [0.717, 1.165) is 37.1 Å². The lowest BCUT2D eigenvalue weighted by molar-refractivity contribution is 0.360. The van der Waals surface area contributed by atoms with E-state index in [0.29, 0.717) is 5.25 Å². The Morgan fingerprint density at radius 2 is 2.10 bits per heavy atom. The Morgan fingerprint density at radius 3 is 2.90 bits per heavy atom. The van der Waals surface area contributed by atoms with E-state index >= 15 is 0 Å². The van der Waals surface area contributed by atoms with Gasteiger partial charge in [-0.3, -0.25) is 0 Å². The van der Waals surface area contributed by atoms with E-state index < -0.39 is 0 Å². The summed E-state index contributed by atoms with van der Waals surface area (Å²) in [5.74, 6) is 0.831. The fourth-order valence-electron chi connectivity index (χ4n) is 2.84. The third-order valence-corrected chi connectivity index (χ3v) is 5.47. The number of rotatable bonds is 8. The van der Waals surface area contributed by atoms with Crippen molar-refractivity contribution in [1.29, 1.82) is 0 Å². The monoisotopic (exact) mass is 297 g/mol. The topological polar surface area (TPSA) is 55.6 Å². The number of tetrazole rings is 1. The summed E-state index contributed by atoms with van der Waals surface area (Å²) in [5, 5.41) is 17.3. The summed E-state index contributed by atoms with van der Waals surface area (Å²) in [6, 6.07) is 0. The van der Waals surface area contributed by atoms with Crippen molar-refractivity contribution in [1.82, 2.24) is 25.5 Å². The second kappa shape index (κ2) is 8.62. The molecule has 0 saturated heterocycles. The van der Waals surface area contributed by atoms with E-state index in [-0.39, 0.29) is 0 Å². The minimum absolute atomic E-state index is 0.696. The molecule has 0 aliphatic heterocycles. The van der Waals surface area contributed by atoms with Crippen molar-refractivity contribution < 1.29 is 0 Å². The van der Waals surface area contributed by atoms with Gasteiger partial charge in [0, 0.05) is 11.8 Å². The summed E-state index contributed by atoms with van der Waals surface area (Å²) in [6.07, 6.45) is 7.86. The second-order valence-electron chi connectivity index (χ2n) is 5.54. The Hall–Kier alpha value is -0.620. The van der Waals surface area contributed by atoms with Crippen LogP contribution in [0.3, 0.4) is 0 Å². The fraction of sp³-hybridized carbons (Fsp3) is 0.929. The summed E-state index contributed by atoms with van der Waals surface area (Å²) in [7, 11) is 0. The molecule has 1 fully saturated rings. The first-order chi connectivity index (χ1) is 9.85. The smallest absolute Gasteiger partial charge is 0.209 e. The number of nitrogens with zero attached hydrogens (tertiary/aromatic N) is 4. The standard InChI is InChI=1S/C14H27N5S/c1-3-9-15-10-11-19-14(16-17-18-19)20-13-8-6-5-7-12(13)4-2/h12-13,15H,3-11H2,1-2H3. The molecule has 6 heteroatoms. The predicted molar refractivity (Wildman–Crippen MR) is 82.9 cm³/mol. The lowest BCUT2D eigenvalue weighted by Crippen LogP contribution is -2.24. The molecular formula is C14H27N5S. The molecule has 5 nitrogen and oxygen atoms in total. The van der Waals surface area contributed by atoms with Crippen LogP contribution in [-0.4, -0.2) is 38.5 Å². The number of aromatic nitrogens is 4. The molecule has 0 aromatic carbocycles. The van der Waals surface area contributed by atoms with Crippen molar-refractivity contribution in [3.8, 4) is 0 Å². The van der Waals surface area contributed by atoms with Crippen LogP contribution < -0.4 is 5.32 Å². The highest BCUT2D eigenvalue weighted by atomic mass is 32.2. The van der Waals surface area contributed by atoms with E-state index in [9.17, 15) is 0 Å². The second-order valence-corrected chi connectivity index (χ2v) is 6.75. The van der Waals surface area contributed by atoms with Gasteiger partial charge in [0.2, 0.25) is 5.16 Å². The molecule has 2 unspecified atom stereocenters. The first kappa shape index (κ1) is 15.8. The van der Waals surface area contributed by atoms with Crippen LogP contribution in [0.4, 0.5) is 0 Å². The first-order valence-corrected chi connectivity index (χ1v) is 8.86. The van der Waals surface area contributed by atoms with Crippen LogP contribution in [0.15, 0.2) is 5.16 Å². The largest absolute Gasteiger partial charge is 0.315 e. The van der Waals surface area contributed by atoms with Crippen LogP contribution in [0.25, 0.3) is 0 Å². The van der Waals surface area contributed by atoms with Crippen molar-refractivity contribution in [3.63, 3.8) is 0 Å². The van der Waals surface area contributed by atoms with Gasteiger partial charge in [0.25, 0.3) is 0 Å². The van der Waals surface area contributed by atoms with Gasteiger partial charge in [-0.05, 0) is 42.2 Å². The molecule has 1 aliphatic carbocycles. The Morgan fingerprint density at radius 1 is 1.25 bits per heavy atom. The molecular weight excluding hydrogens is 270 g/mol. The van der Waals surface area contributed by atoms with E-state index in [4.69, 9.17) is 0 Å². The van der Waals surface area contributed by atoms with Crippen molar-refractivity contribution in [2.24, 2.45) is 5.92 Å². The van der Waals surface area contributed by atoms with E-state index in [1.165, 1.54) is 32.1 Å². The maximum Gasteiger partial charge on any atom is 0.209 e. The third kappa shape index (κ3) is 4.45. The highest BCUT2D eigenvalue weighted by molar-refractivity contribution is 7.99. The summed E-state index contributed by atoms with van der Waals surface area (Å²) in [4.78, 5) is 0. The zero-order valence-corrected chi connectivity index (χ0v) is 13.5. The van der Waals surface area contributed by atoms with Gasteiger partial charge < -0.3 is 5.32 Å². The summed E-state index contributed by atoms with van der Waals surface area (Å²) in [6.45, 7) is 7.35. The van der Waals surface area contributed by atoms with Crippen molar-refractivity contribution in [3.05, 3.63) is 0 Å². The Balaban J connectivity index is 1.87. The maximum atomic E-state index is 4.21. The molecule has 1 aromatic heterocycles. The van der Waals surface area contributed by atoms with Gasteiger partial charge in [-0.1, -0.05) is 44.9 Å². The molecule has 114 valence electrons. The molecule has 1 heterocycles. The summed E-state index contributed by atoms with van der Waals surface area (Å²) < 4.78 is 1.95. The molecule has 20 heavy (non-hydrogen) atoms. The van der Waals surface area contributed by atoms with Gasteiger partial charge in [-0.25, -0.2) is 4.68 Å². The summed E-state index contributed by atoms with van der Waals surface area (Å²) >= 11 is 1.89. The zero-order chi connectivity index (χ0) is 14.2. The lowest BCUT2D eigenvalue weighted by atomic mass is 9.87. The quantitative estimate of drug-likeness (QED) is 0.748. The first-order valence-electron chi connectivity index (χ1n) is 7.98. The number of hydrogen-bond donors (Lipinski definition) is 1. The molecule has 0 bridgehead atoms.